The van der Waals surface area contributed by atoms with Crippen molar-refractivity contribution in [3.05, 3.63) is 53.8 Å². The normalized spacial score (nSPS) is 11.3. The van der Waals surface area contributed by atoms with Gasteiger partial charge < -0.3 is 4.74 Å². The topological polar surface area (TPSA) is 26.3 Å². The summed E-state index contributed by atoms with van der Waals surface area (Å²) in [5.41, 5.74) is 0.0478. The van der Waals surface area contributed by atoms with Crippen molar-refractivity contribution in [2.24, 2.45) is 0 Å². The molecule has 110 valence electrons. The van der Waals surface area contributed by atoms with E-state index in [1.54, 1.807) is 0 Å². The molecule has 0 aliphatic carbocycles. The van der Waals surface area contributed by atoms with Crippen molar-refractivity contribution in [3.63, 3.8) is 0 Å². The van der Waals surface area contributed by atoms with Gasteiger partial charge >= 0.3 is 6.36 Å². The van der Waals surface area contributed by atoms with Gasteiger partial charge in [-0.05, 0) is 35.4 Å². The van der Waals surface area contributed by atoms with Crippen LogP contribution in [0.5, 0.6) is 5.75 Å². The van der Waals surface area contributed by atoms with Crippen molar-refractivity contribution < 1.29 is 27.1 Å². The van der Waals surface area contributed by atoms with Crippen molar-refractivity contribution in [2.75, 3.05) is 0 Å². The van der Waals surface area contributed by atoms with Gasteiger partial charge in [-0.15, -0.1) is 13.2 Å². The van der Waals surface area contributed by atoms with Gasteiger partial charge in [0, 0.05) is 5.56 Å². The summed E-state index contributed by atoms with van der Waals surface area (Å²) < 4.78 is 53.9. The second-order valence-electron chi connectivity index (χ2n) is 4.01. The molecule has 0 aliphatic rings. The lowest BCUT2D eigenvalue weighted by atomic mass is 10.0. The Hall–Kier alpha value is -2.08. The summed E-state index contributed by atoms with van der Waals surface area (Å²) in [5.74, 6) is -1.25. The maximum absolute atomic E-state index is 14.1. The van der Waals surface area contributed by atoms with Gasteiger partial charge in [-0.1, -0.05) is 24.3 Å². The van der Waals surface area contributed by atoms with E-state index in [1.165, 1.54) is 30.3 Å². The van der Waals surface area contributed by atoms with Gasteiger partial charge in [-0.2, -0.15) is 0 Å². The number of carbonyl (C=O) groups excluding carboxylic acids is 1. The van der Waals surface area contributed by atoms with Gasteiger partial charge in [0.05, 0.1) is 5.56 Å². The highest BCUT2D eigenvalue weighted by Crippen LogP contribution is 2.29. The van der Waals surface area contributed by atoms with E-state index in [2.05, 4.69) is 4.74 Å². The SMILES string of the molecule is O=C(Cl)c1cccc(-c2ccc(OC(F)(F)F)cc2)c1F. The number of hydrogen-bond donors (Lipinski definition) is 0. The monoisotopic (exact) mass is 318 g/mol. The first-order valence-electron chi connectivity index (χ1n) is 5.62. The highest BCUT2D eigenvalue weighted by molar-refractivity contribution is 6.67. The van der Waals surface area contributed by atoms with Gasteiger partial charge in [-0.3, -0.25) is 4.79 Å². The standard InChI is InChI=1S/C14H7ClF4O2/c15-13(20)11-3-1-2-10(12(11)16)8-4-6-9(7-5-8)21-14(17,18)19/h1-7H. The molecule has 7 heteroatoms. The molecule has 21 heavy (non-hydrogen) atoms. The van der Waals surface area contributed by atoms with Crippen LogP contribution in [-0.2, 0) is 0 Å². The Morgan fingerprint density at radius 1 is 1.05 bits per heavy atom. The van der Waals surface area contributed by atoms with Crippen LogP contribution in [0.3, 0.4) is 0 Å². The molecule has 2 rings (SSSR count). The molecule has 0 atom stereocenters. The van der Waals surface area contributed by atoms with Crippen molar-refractivity contribution in [3.8, 4) is 16.9 Å². The second-order valence-corrected chi connectivity index (χ2v) is 4.36. The summed E-state index contributed by atoms with van der Waals surface area (Å²) in [4.78, 5) is 11.0. The summed E-state index contributed by atoms with van der Waals surface area (Å²) >= 11 is 5.24. The zero-order chi connectivity index (χ0) is 15.6. The Morgan fingerprint density at radius 2 is 1.67 bits per heavy atom. The van der Waals surface area contributed by atoms with Crippen LogP contribution < -0.4 is 4.74 Å². The van der Waals surface area contributed by atoms with E-state index >= 15 is 0 Å². The van der Waals surface area contributed by atoms with E-state index in [1.807, 2.05) is 0 Å². The van der Waals surface area contributed by atoms with E-state index in [-0.39, 0.29) is 11.1 Å². The molecule has 2 nitrogen and oxygen atoms in total. The Kier molecular flexibility index (Phi) is 4.18. The quantitative estimate of drug-likeness (QED) is 0.602. The predicted molar refractivity (Wildman–Crippen MR) is 68.7 cm³/mol. The lowest BCUT2D eigenvalue weighted by molar-refractivity contribution is -0.274. The highest BCUT2D eigenvalue weighted by Gasteiger charge is 2.31. The number of carbonyl (C=O) groups is 1. The smallest absolute Gasteiger partial charge is 0.406 e. The van der Waals surface area contributed by atoms with Gasteiger partial charge in [0.25, 0.3) is 5.24 Å². The first kappa shape index (κ1) is 15.3. The van der Waals surface area contributed by atoms with Crippen LogP contribution in [0.15, 0.2) is 42.5 Å². The number of hydrogen-bond acceptors (Lipinski definition) is 2. The molecule has 2 aromatic carbocycles. The number of alkyl halides is 3. The Morgan fingerprint density at radius 3 is 2.19 bits per heavy atom. The van der Waals surface area contributed by atoms with E-state index in [0.29, 0.717) is 5.56 Å². The maximum atomic E-state index is 14.1. The minimum absolute atomic E-state index is 0.0556. The van der Waals surface area contributed by atoms with Crippen molar-refractivity contribution >= 4 is 16.8 Å². The largest absolute Gasteiger partial charge is 0.573 e. The van der Waals surface area contributed by atoms with Crippen molar-refractivity contribution in [1.29, 1.82) is 0 Å². The fourth-order valence-electron chi connectivity index (χ4n) is 1.74. The molecular weight excluding hydrogens is 312 g/mol. The minimum atomic E-state index is -4.79. The van der Waals surface area contributed by atoms with Gasteiger partial charge in [-0.25, -0.2) is 4.39 Å². The van der Waals surface area contributed by atoms with Gasteiger partial charge in [0.2, 0.25) is 0 Å². The summed E-state index contributed by atoms with van der Waals surface area (Å²) in [6, 6.07) is 8.64. The molecule has 0 bridgehead atoms. The number of ether oxygens (including phenoxy) is 1. The molecule has 0 spiro atoms. The molecular formula is C14H7ClF4O2. The number of halogens is 5. The summed E-state index contributed by atoms with van der Waals surface area (Å²) in [7, 11) is 0. The molecule has 0 radical (unpaired) electrons. The second kappa shape index (κ2) is 5.73. The summed E-state index contributed by atoms with van der Waals surface area (Å²) in [6.07, 6.45) is -4.79. The third-order valence-corrected chi connectivity index (χ3v) is 2.81. The van der Waals surface area contributed by atoms with Crippen LogP contribution in [0.2, 0.25) is 0 Å². The van der Waals surface area contributed by atoms with Crippen molar-refractivity contribution in [1.82, 2.24) is 0 Å². The Labute approximate surface area is 121 Å². The number of rotatable bonds is 3. The van der Waals surface area contributed by atoms with Gasteiger partial charge in [0.1, 0.15) is 11.6 Å². The molecule has 2 aromatic rings. The highest BCUT2D eigenvalue weighted by atomic mass is 35.5. The Balaban J connectivity index is 2.35. The fraction of sp³-hybridized carbons (Fsp3) is 0.0714. The average Bonchev–Trinajstić information content (AvgIpc) is 2.38. The number of benzene rings is 2. The van der Waals surface area contributed by atoms with Gasteiger partial charge in [0.15, 0.2) is 0 Å². The first-order valence-corrected chi connectivity index (χ1v) is 6.00. The summed E-state index contributed by atoms with van der Waals surface area (Å²) in [5, 5.41) is -0.952. The van der Waals surface area contributed by atoms with Crippen LogP contribution in [-0.4, -0.2) is 11.6 Å². The average molecular weight is 319 g/mol. The zero-order valence-electron chi connectivity index (χ0n) is 10.2. The molecule has 0 saturated carbocycles. The third kappa shape index (κ3) is 3.72. The fourth-order valence-corrected chi connectivity index (χ4v) is 1.89. The maximum Gasteiger partial charge on any atom is 0.573 e. The molecule has 0 unspecified atom stereocenters. The molecule has 0 saturated heterocycles. The van der Waals surface area contributed by atoms with E-state index < -0.39 is 23.2 Å². The van der Waals surface area contributed by atoms with E-state index in [4.69, 9.17) is 11.6 Å². The van der Waals surface area contributed by atoms with Crippen LogP contribution in [0.1, 0.15) is 10.4 Å². The molecule has 0 heterocycles. The van der Waals surface area contributed by atoms with Crippen LogP contribution >= 0.6 is 11.6 Å². The molecule has 0 aromatic heterocycles. The predicted octanol–water partition coefficient (Wildman–Crippen LogP) is 4.77. The van der Waals surface area contributed by atoms with Crippen LogP contribution in [0.25, 0.3) is 11.1 Å². The molecule has 0 N–H and O–H groups in total. The first-order chi connectivity index (χ1) is 9.78. The lowest BCUT2D eigenvalue weighted by Crippen LogP contribution is -2.16. The summed E-state index contributed by atoms with van der Waals surface area (Å²) in [6.45, 7) is 0. The lowest BCUT2D eigenvalue weighted by Gasteiger charge is -2.10. The zero-order valence-corrected chi connectivity index (χ0v) is 11.0. The molecule has 0 amide bonds. The minimum Gasteiger partial charge on any atom is -0.406 e. The van der Waals surface area contributed by atoms with E-state index in [9.17, 15) is 22.4 Å². The van der Waals surface area contributed by atoms with Crippen LogP contribution in [0, 0.1) is 5.82 Å². The Bertz CT molecular complexity index is 666. The molecule has 0 fully saturated rings. The van der Waals surface area contributed by atoms with E-state index in [0.717, 1.165) is 12.1 Å². The van der Waals surface area contributed by atoms with Crippen LogP contribution in [0.4, 0.5) is 17.6 Å². The van der Waals surface area contributed by atoms with Crippen molar-refractivity contribution in [2.45, 2.75) is 6.36 Å². The molecule has 0 aliphatic heterocycles. The third-order valence-electron chi connectivity index (χ3n) is 2.61.